The molecule has 0 saturated carbocycles. The minimum absolute atomic E-state index is 0.0869. The van der Waals surface area contributed by atoms with Crippen LogP contribution in [0.3, 0.4) is 0 Å². The maximum Gasteiger partial charge on any atom is 0.275 e. The fraction of sp³-hybridized carbons (Fsp3) is 0. The van der Waals surface area contributed by atoms with Gasteiger partial charge in [-0.1, -0.05) is 12.1 Å². The number of imidazole rings is 1. The molecule has 3 N–H and O–H groups in total. The summed E-state index contributed by atoms with van der Waals surface area (Å²) in [5, 5.41) is 11.8. The second kappa shape index (κ2) is 4.82. The SMILES string of the molecule is Nc1cc([N+](=O)[O-])cc(Sc2nc3ccccc3[nH]2)n1. The van der Waals surface area contributed by atoms with Crippen LogP contribution in [0.15, 0.2) is 46.6 Å². The van der Waals surface area contributed by atoms with Crippen molar-refractivity contribution in [3.63, 3.8) is 0 Å². The van der Waals surface area contributed by atoms with Crippen molar-refractivity contribution in [2.24, 2.45) is 0 Å². The molecular weight excluding hydrogens is 278 g/mol. The van der Waals surface area contributed by atoms with Gasteiger partial charge in [0.2, 0.25) is 0 Å². The van der Waals surface area contributed by atoms with Crippen molar-refractivity contribution in [1.29, 1.82) is 0 Å². The van der Waals surface area contributed by atoms with Gasteiger partial charge in [0.15, 0.2) is 5.16 Å². The molecule has 2 heterocycles. The van der Waals surface area contributed by atoms with Crippen molar-refractivity contribution in [1.82, 2.24) is 15.0 Å². The Labute approximate surface area is 117 Å². The van der Waals surface area contributed by atoms with Crippen LogP contribution in [0.4, 0.5) is 11.5 Å². The third kappa shape index (κ3) is 2.41. The molecule has 20 heavy (non-hydrogen) atoms. The fourth-order valence-electron chi connectivity index (χ4n) is 1.75. The van der Waals surface area contributed by atoms with E-state index in [0.717, 1.165) is 11.0 Å². The Morgan fingerprint density at radius 1 is 1.25 bits per heavy atom. The summed E-state index contributed by atoms with van der Waals surface area (Å²) in [5.41, 5.74) is 7.20. The predicted molar refractivity (Wildman–Crippen MR) is 75.5 cm³/mol. The lowest BCUT2D eigenvalue weighted by atomic mass is 10.3. The molecule has 0 fully saturated rings. The number of nitrogen functional groups attached to an aromatic ring is 1. The first kappa shape index (κ1) is 12.4. The standard InChI is InChI=1S/C12H9N5O2S/c13-10-5-7(17(18)19)6-11(16-10)20-12-14-8-3-1-2-4-9(8)15-12/h1-6H,(H2,13,16)(H,14,15). The zero-order valence-corrected chi connectivity index (χ0v) is 10.9. The fourth-order valence-corrected chi connectivity index (χ4v) is 2.58. The summed E-state index contributed by atoms with van der Waals surface area (Å²) in [6.45, 7) is 0. The van der Waals surface area contributed by atoms with E-state index in [4.69, 9.17) is 5.73 Å². The van der Waals surface area contributed by atoms with Gasteiger partial charge in [-0.25, -0.2) is 9.97 Å². The highest BCUT2D eigenvalue weighted by Gasteiger charge is 2.12. The van der Waals surface area contributed by atoms with E-state index in [-0.39, 0.29) is 11.5 Å². The molecule has 0 saturated heterocycles. The highest BCUT2D eigenvalue weighted by molar-refractivity contribution is 7.99. The van der Waals surface area contributed by atoms with Crippen LogP contribution in [-0.4, -0.2) is 19.9 Å². The van der Waals surface area contributed by atoms with Crippen LogP contribution in [0.1, 0.15) is 0 Å². The van der Waals surface area contributed by atoms with Gasteiger partial charge in [-0.05, 0) is 23.9 Å². The molecular formula is C12H9N5O2S. The van der Waals surface area contributed by atoms with E-state index in [1.807, 2.05) is 24.3 Å². The largest absolute Gasteiger partial charge is 0.383 e. The predicted octanol–water partition coefficient (Wildman–Crippen LogP) is 2.60. The summed E-state index contributed by atoms with van der Waals surface area (Å²) in [5.74, 6) is 0.109. The maximum absolute atomic E-state index is 10.8. The highest BCUT2D eigenvalue weighted by atomic mass is 32.2. The minimum Gasteiger partial charge on any atom is -0.383 e. The quantitative estimate of drug-likeness (QED) is 0.565. The van der Waals surface area contributed by atoms with Gasteiger partial charge in [0, 0.05) is 6.07 Å². The van der Waals surface area contributed by atoms with Crippen LogP contribution < -0.4 is 5.73 Å². The third-order valence-corrected chi connectivity index (χ3v) is 3.39. The number of H-pyrrole nitrogens is 1. The van der Waals surface area contributed by atoms with Crippen molar-refractivity contribution < 1.29 is 4.92 Å². The molecule has 0 unspecified atom stereocenters. The second-order valence-corrected chi connectivity index (χ2v) is 5.02. The summed E-state index contributed by atoms with van der Waals surface area (Å²) in [6.07, 6.45) is 0. The zero-order valence-electron chi connectivity index (χ0n) is 10.1. The topological polar surface area (TPSA) is 111 Å². The van der Waals surface area contributed by atoms with Crippen molar-refractivity contribution in [2.75, 3.05) is 5.73 Å². The third-order valence-electron chi connectivity index (χ3n) is 2.59. The Morgan fingerprint density at radius 2 is 2.05 bits per heavy atom. The smallest absolute Gasteiger partial charge is 0.275 e. The van der Waals surface area contributed by atoms with Crippen LogP contribution in [0.2, 0.25) is 0 Å². The number of nitrogens with zero attached hydrogens (tertiary/aromatic N) is 3. The molecule has 100 valence electrons. The number of hydrogen-bond acceptors (Lipinski definition) is 6. The van der Waals surface area contributed by atoms with E-state index in [2.05, 4.69) is 15.0 Å². The molecule has 3 aromatic rings. The average Bonchev–Trinajstić information content (AvgIpc) is 2.79. The number of hydrogen-bond donors (Lipinski definition) is 2. The number of nitro groups is 1. The van der Waals surface area contributed by atoms with E-state index < -0.39 is 4.92 Å². The van der Waals surface area contributed by atoms with Gasteiger partial charge < -0.3 is 10.7 Å². The van der Waals surface area contributed by atoms with E-state index in [1.165, 1.54) is 23.9 Å². The minimum atomic E-state index is -0.499. The molecule has 0 aliphatic heterocycles. The summed E-state index contributed by atoms with van der Waals surface area (Å²) in [7, 11) is 0. The Balaban J connectivity index is 1.96. The molecule has 0 aliphatic rings. The summed E-state index contributed by atoms with van der Waals surface area (Å²) >= 11 is 1.20. The molecule has 3 rings (SSSR count). The van der Waals surface area contributed by atoms with Crippen molar-refractivity contribution in [2.45, 2.75) is 10.2 Å². The molecule has 0 amide bonds. The van der Waals surface area contributed by atoms with Crippen LogP contribution >= 0.6 is 11.8 Å². The summed E-state index contributed by atoms with van der Waals surface area (Å²) in [4.78, 5) is 21.8. The van der Waals surface area contributed by atoms with Gasteiger partial charge in [-0.3, -0.25) is 10.1 Å². The number of fused-ring (bicyclic) bond motifs is 1. The average molecular weight is 287 g/mol. The first-order chi connectivity index (χ1) is 9.61. The van der Waals surface area contributed by atoms with E-state index >= 15 is 0 Å². The number of rotatable bonds is 3. The Kier molecular flexibility index (Phi) is 2.99. The molecule has 2 aromatic heterocycles. The molecule has 7 nitrogen and oxygen atoms in total. The summed E-state index contributed by atoms with van der Waals surface area (Å²) in [6, 6.07) is 10.2. The van der Waals surface area contributed by atoms with Gasteiger partial charge in [0.05, 0.1) is 22.0 Å². The van der Waals surface area contributed by atoms with Gasteiger partial charge in [0.25, 0.3) is 5.69 Å². The normalized spacial score (nSPS) is 10.8. The molecule has 0 atom stereocenters. The van der Waals surface area contributed by atoms with Gasteiger partial charge >= 0.3 is 0 Å². The lowest BCUT2D eigenvalue weighted by Gasteiger charge is -1.99. The van der Waals surface area contributed by atoms with Crippen LogP contribution in [-0.2, 0) is 0 Å². The van der Waals surface area contributed by atoms with Crippen LogP contribution in [0, 0.1) is 10.1 Å². The molecule has 0 bridgehead atoms. The number of aromatic nitrogens is 3. The van der Waals surface area contributed by atoms with Crippen LogP contribution in [0.25, 0.3) is 11.0 Å². The van der Waals surface area contributed by atoms with E-state index in [1.54, 1.807) is 0 Å². The molecule has 1 aromatic carbocycles. The van der Waals surface area contributed by atoms with Crippen molar-refractivity contribution >= 4 is 34.3 Å². The first-order valence-corrected chi connectivity index (χ1v) is 6.48. The van der Waals surface area contributed by atoms with Crippen LogP contribution in [0.5, 0.6) is 0 Å². The number of benzene rings is 1. The lowest BCUT2D eigenvalue weighted by Crippen LogP contribution is -1.96. The Bertz CT molecular complexity index is 768. The first-order valence-electron chi connectivity index (χ1n) is 5.66. The van der Waals surface area contributed by atoms with E-state index in [9.17, 15) is 10.1 Å². The number of pyridine rings is 1. The second-order valence-electron chi connectivity index (χ2n) is 4.01. The van der Waals surface area contributed by atoms with Gasteiger partial charge in [0.1, 0.15) is 10.8 Å². The van der Waals surface area contributed by atoms with Crippen molar-refractivity contribution in [3.8, 4) is 0 Å². The highest BCUT2D eigenvalue weighted by Crippen LogP contribution is 2.29. The maximum atomic E-state index is 10.8. The van der Waals surface area contributed by atoms with Crippen molar-refractivity contribution in [3.05, 3.63) is 46.5 Å². The molecule has 8 heteroatoms. The number of nitrogens with two attached hydrogens (primary N) is 1. The monoisotopic (exact) mass is 287 g/mol. The number of para-hydroxylation sites is 2. The number of anilines is 1. The number of aromatic amines is 1. The Hall–Kier alpha value is -2.61. The lowest BCUT2D eigenvalue weighted by molar-refractivity contribution is -0.385. The van der Waals surface area contributed by atoms with Gasteiger partial charge in [-0.2, -0.15) is 0 Å². The molecule has 0 spiro atoms. The summed E-state index contributed by atoms with van der Waals surface area (Å²) < 4.78 is 0. The number of nitrogens with one attached hydrogen (secondary N) is 1. The Morgan fingerprint density at radius 3 is 2.80 bits per heavy atom. The van der Waals surface area contributed by atoms with E-state index in [0.29, 0.717) is 10.2 Å². The zero-order chi connectivity index (χ0) is 14.1. The molecule has 0 aliphatic carbocycles. The molecule has 0 radical (unpaired) electrons. The van der Waals surface area contributed by atoms with Gasteiger partial charge in [-0.15, -0.1) is 0 Å².